The van der Waals surface area contributed by atoms with E-state index in [1.54, 1.807) is 6.07 Å². The molecule has 3 aromatic rings. The van der Waals surface area contributed by atoms with E-state index in [9.17, 15) is 0 Å². The predicted molar refractivity (Wildman–Crippen MR) is 84.8 cm³/mol. The quantitative estimate of drug-likeness (QED) is 0.714. The first-order valence-corrected chi connectivity index (χ1v) is 7.54. The molecule has 0 aliphatic carbocycles. The van der Waals surface area contributed by atoms with E-state index in [4.69, 9.17) is 20.4 Å². The number of para-hydroxylation sites is 1. The van der Waals surface area contributed by atoms with Crippen LogP contribution in [0.15, 0.2) is 45.2 Å². The van der Waals surface area contributed by atoms with Crippen molar-refractivity contribution in [3.63, 3.8) is 0 Å². The minimum absolute atomic E-state index is 0.121. The SMILES string of the molecule is CCCNC(c1ccc(Cl)o1)c1cc2cccc(C)c2o1. The Hall–Kier alpha value is -1.71. The van der Waals surface area contributed by atoms with Gasteiger partial charge in [0.15, 0.2) is 5.22 Å². The van der Waals surface area contributed by atoms with E-state index in [2.05, 4.69) is 24.4 Å². The van der Waals surface area contributed by atoms with E-state index in [-0.39, 0.29) is 6.04 Å². The van der Waals surface area contributed by atoms with E-state index in [1.807, 2.05) is 25.1 Å². The van der Waals surface area contributed by atoms with Gasteiger partial charge < -0.3 is 14.2 Å². The van der Waals surface area contributed by atoms with Crippen molar-refractivity contribution >= 4 is 22.6 Å². The molecule has 2 heterocycles. The van der Waals surface area contributed by atoms with Crippen molar-refractivity contribution < 1.29 is 8.83 Å². The maximum atomic E-state index is 6.06. The average molecular weight is 304 g/mol. The normalized spacial score (nSPS) is 12.9. The summed E-state index contributed by atoms with van der Waals surface area (Å²) < 4.78 is 11.6. The lowest BCUT2D eigenvalue weighted by Crippen LogP contribution is -2.22. The highest BCUT2D eigenvalue weighted by Gasteiger charge is 2.21. The van der Waals surface area contributed by atoms with Gasteiger partial charge in [0, 0.05) is 5.39 Å². The number of hydrogen-bond acceptors (Lipinski definition) is 3. The molecule has 3 rings (SSSR count). The molecule has 0 aliphatic rings. The summed E-state index contributed by atoms with van der Waals surface area (Å²) in [6, 6.07) is 11.7. The van der Waals surface area contributed by atoms with Crippen LogP contribution in [0.25, 0.3) is 11.0 Å². The van der Waals surface area contributed by atoms with Gasteiger partial charge in [-0.3, -0.25) is 0 Å². The number of hydrogen-bond donors (Lipinski definition) is 1. The van der Waals surface area contributed by atoms with Crippen molar-refractivity contribution in [1.82, 2.24) is 5.32 Å². The zero-order chi connectivity index (χ0) is 14.8. The Kier molecular flexibility index (Phi) is 4.04. The largest absolute Gasteiger partial charge is 0.459 e. The van der Waals surface area contributed by atoms with Crippen LogP contribution >= 0.6 is 11.6 Å². The molecule has 1 aromatic carbocycles. The molecule has 0 saturated heterocycles. The summed E-state index contributed by atoms with van der Waals surface area (Å²) in [6.45, 7) is 5.05. The topological polar surface area (TPSA) is 38.3 Å². The second-order valence-electron chi connectivity index (χ2n) is 5.17. The molecule has 0 amide bonds. The molecule has 0 radical (unpaired) electrons. The highest BCUT2D eigenvalue weighted by Crippen LogP contribution is 2.31. The molecule has 0 aliphatic heterocycles. The standard InChI is InChI=1S/C17H18ClNO2/c1-3-9-19-16(13-7-8-15(18)20-13)14-10-12-6-4-5-11(2)17(12)21-14/h4-8,10,16,19H,3,9H2,1-2H3. The van der Waals surface area contributed by atoms with Crippen molar-refractivity contribution in [2.24, 2.45) is 0 Å². The van der Waals surface area contributed by atoms with Crippen LogP contribution < -0.4 is 5.32 Å². The molecule has 21 heavy (non-hydrogen) atoms. The Morgan fingerprint density at radius 2 is 2.00 bits per heavy atom. The third kappa shape index (κ3) is 2.85. The van der Waals surface area contributed by atoms with Crippen molar-refractivity contribution in [1.29, 1.82) is 0 Å². The van der Waals surface area contributed by atoms with Gasteiger partial charge in [-0.25, -0.2) is 0 Å². The monoisotopic (exact) mass is 303 g/mol. The highest BCUT2D eigenvalue weighted by molar-refractivity contribution is 6.28. The molecule has 1 atom stereocenters. The van der Waals surface area contributed by atoms with Gasteiger partial charge >= 0.3 is 0 Å². The highest BCUT2D eigenvalue weighted by atomic mass is 35.5. The van der Waals surface area contributed by atoms with Gasteiger partial charge in [0.25, 0.3) is 0 Å². The molecule has 0 spiro atoms. The molecular weight excluding hydrogens is 286 g/mol. The number of halogens is 1. The van der Waals surface area contributed by atoms with Gasteiger partial charge in [0.1, 0.15) is 23.1 Å². The molecule has 0 saturated carbocycles. The Balaban J connectivity index is 2.03. The van der Waals surface area contributed by atoms with Crippen LogP contribution in [0.4, 0.5) is 0 Å². The lowest BCUT2D eigenvalue weighted by Gasteiger charge is -2.13. The van der Waals surface area contributed by atoms with Gasteiger partial charge in [-0.15, -0.1) is 0 Å². The zero-order valence-corrected chi connectivity index (χ0v) is 12.9. The molecular formula is C17H18ClNO2. The summed E-state index contributed by atoms with van der Waals surface area (Å²) in [5.74, 6) is 1.61. The minimum atomic E-state index is -0.121. The molecule has 3 nitrogen and oxygen atoms in total. The summed E-state index contributed by atoms with van der Waals surface area (Å²) in [6.07, 6.45) is 1.03. The average Bonchev–Trinajstić information content (AvgIpc) is 3.07. The number of aryl methyl sites for hydroxylation is 1. The number of benzene rings is 1. The van der Waals surface area contributed by atoms with E-state index < -0.39 is 0 Å². The molecule has 0 bridgehead atoms. The number of rotatable bonds is 5. The lowest BCUT2D eigenvalue weighted by molar-refractivity contribution is 0.399. The van der Waals surface area contributed by atoms with Crippen LogP contribution in [0.3, 0.4) is 0 Å². The third-order valence-electron chi connectivity index (χ3n) is 3.52. The van der Waals surface area contributed by atoms with Crippen LogP contribution in [0.5, 0.6) is 0 Å². The number of fused-ring (bicyclic) bond motifs is 1. The molecule has 0 fully saturated rings. The fourth-order valence-corrected chi connectivity index (χ4v) is 2.64. The van der Waals surface area contributed by atoms with Crippen LogP contribution in [-0.4, -0.2) is 6.54 Å². The Morgan fingerprint density at radius 1 is 1.14 bits per heavy atom. The van der Waals surface area contributed by atoms with E-state index in [0.717, 1.165) is 41.0 Å². The van der Waals surface area contributed by atoms with Gasteiger partial charge in [0.2, 0.25) is 0 Å². The summed E-state index contributed by atoms with van der Waals surface area (Å²) in [5, 5.41) is 4.94. The number of nitrogens with one attached hydrogen (secondary N) is 1. The van der Waals surface area contributed by atoms with Crippen LogP contribution in [0.2, 0.25) is 5.22 Å². The van der Waals surface area contributed by atoms with Crippen LogP contribution in [0.1, 0.15) is 36.5 Å². The summed E-state index contributed by atoms with van der Waals surface area (Å²) >= 11 is 5.90. The van der Waals surface area contributed by atoms with Gasteiger partial charge in [-0.2, -0.15) is 0 Å². The van der Waals surface area contributed by atoms with E-state index in [0.29, 0.717) is 5.22 Å². The van der Waals surface area contributed by atoms with Crippen molar-refractivity contribution in [2.45, 2.75) is 26.3 Å². The van der Waals surface area contributed by atoms with Gasteiger partial charge in [-0.05, 0) is 55.3 Å². The summed E-state index contributed by atoms with van der Waals surface area (Å²) in [5.41, 5.74) is 2.05. The van der Waals surface area contributed by atoms with Crippen LogP contribution in [0, 0.1) is 6.92 Å². The second-order valence-corrected chi connectivity index (χ2v) is 5.54. The first-order valence-electron chi connectivity index (χ1n) is 7.16. The zero-order valence-electron chi connectivity index (χ0n) is 12.2. The Labute approximate surface area is 128 Å². The molecule has 2 aromatic heterocycles. The predicted octanol–water partition coefficient (Wildman–Crippen LogP) is 5.08. The maximum absolute atomic E-state index is 6.06. The van der Waals surface area contributed by atoms with E-state index >= 15 is 0 Å². The van der Waals surface area contributed by atoms with Gasteiger partial charge in [0.05, 0.1) is 0 Å². The van der Waals surface area contributed by atoms with E-state index in [1.165, 1.54) is 0 Å². The van der Waals surface area contributed by atoms with Gasteiger partial charge in [-0.1, -0.05) is 25.1 Å². The van der Waals surface area contributed by atoms with Crippen molar-refractivity contribution in [3.05, 3.63) is 58.7 Å². The van der Waals surface area contributed by atoms with Crippen LogP contribution in [-0.2, 0) is 0 Å². The van der Waals surface area contributed by atoms with Crippen molar-refractivity contribution in [2.75, 3.05) is 6.54 Å². The minimum Gasteiger partial charge on any atom is -0.459 e. The third-order valence-corrected chi connectivity index (χ3v) is 3.72. The first kappa shape index (κ1) is 14.2. The van der Waals surface area contributed by atoms with Crippen molar-refractivity contribution in [3.8, 4) is 0 Å². The first-order chi connectivity index (χ1) is 10.2. The summed E-state index contributed by atoms with van der Waals surface area (Å²) in [7, 11) is 0. The molecule has 1 unspecified atom stereocenters. The molecule has 1 N–H and O–H groups in total. The fraction of sp³-hybridized carbons (Fsp3) is 0.294. The second kappa shape index (κ2) is 5.96. The Morgan fingerprint density at radius 3 is 2.67 bits per heavy atom. The molecule has 4 heteroatoms. The smallest absolute Gasteiger partial charge is 0.193 e. The number of furan rings is 2. The Bertz CT molecular complexity index is 744. The summed E-state index contributed by atoms with van der Waals surface area (Å²) in [4.78, 5) is 0. The fourth-order valence-electron chi connectivity index (χ4n) is 2.48. The molecule has 110 valence electrons. The maximum Gasteiger partial charge on any atom is 0.193 e. The lowest BCUT2D eigenvalue weighted by atomic mass is 10.1.